The Labute approximate surface area is 165 Å². The Bertz CT molecular complexity index is 1110. The molecule has 0 aliphatic heterocycles. The first-order valence-corrected chi connectivity index (χ1v) is 8.73. The zero-order chi connectivity index (χ0) is 20.4. The predicted molar refractivity (Wildman–Crippen MR) is 106 cm³/mol. The average Bonchev–Trinajstić information content (AvgIpc) is 3.03. The Balaban J connectivity index is 2.18. The van der Waals surface area contributed by atoms with E-state index in [4.69, 9.17) is 16.7 Å². The minimum absolute atomic E-state index is 0.280. The topological polar surface area (TPSA) is 97.4 Å². The van der Waals surface area contributed by atoms with Crippen LogP contribution in [0.25, 0.3) is 17.2 Å². The summed E-state index contributed by atoms with van der Waals surface area (Å²) in [5.74, 6) is -1.13. The summed E-state index contributed by atoms with van der Waals surface area (Å²) in [6, 6.07) is 8.15. The number of carboxylic acid groups (broad SMARTS) is 1. The zero-order valence-electron chi connectivity index (χ0n) is 15.2. The molecule has 2 heterocycles. The number of aliphatic hydroxyl groups excluding tert-OH is 1. The van der Waals surface area contributed by atoms with E-state index in [9.17, 15) is 14.7 Å². The average molecular weight is 400 g/mol. The molecule has 0 saturated carbocycles. The van der Waals surface area contributed by atoms with Crippen molar-refractivity contribution in [3.8, 4) is 11.1 Å². The molecule has 144 valence electrons. The highest BCUT2D eigenvalue weighted by Gasteiger charge is 2.22. The van der Waals surface area contributed by atoms with Gasteiger partial charge in [-0.15, -0.1) is 0 Å². The van der Waals surface area contributed by atoms with Crippen molar-refractivity contribution in [2.45, 2.75) is 6.10 Å². The molecule has 0 fully saturated rings. The van der Waals surface area contributed by atoms with Gasteiger partial charge in [-0.3, -0.25) is 9.48 Å². The number of nitrogens with zero attached hydrogens (tertiary/aromatic N) is 3. The van der Waals surface area contributed by atoms with Crippen molar-refractivity contribution in [3.05, 3.63) is 81.0 Å². The van der Waals surface area contributed by atoms with E-state index in [-0.39, 0.29) is 5.56 Å². The van der Waals surface area contributed by atoms with Crippen LogP contribution in [0.15, 0.2) is 53.6 Å². The highest BCUT2D eigenvalue weighted by Crippen LogP contribution is 2.33. The first kappa shape index (κ1) is 19.6. The number of carbonyl (C=O) groups is 1. The van der Waals surface area contributed by atoms with Gasteiger partial charge in [0.25, 0.3) is 5.56 Å². The number of pyridine rings is 1. The molecule has 2 N–H and O–H groups in total. The highest BCUT2D eigenvalue weighted by molar-refractivity contribution is 6.30. The quantitative estimate of drug-likeness (QED) is 0.643. The number of rotatable bonds is 5. The standard InChI is InChI=1S/C20H18ClN3O4/c1-23-11-16(13(9-17(23)25)5-8-18(26)27)15-10-22-24(2)19(15)20(28)12-3-6-14(21)7-4-12/h3-11,20,28H,1-2H3,(H,26,27). The molecule has 1 atom stereocenters. The largest absolute Gasteiger partial charge is 0.478 e. The minimum Gasteiger partial charge on any atom is -0.478 e. The lowest BCUT2D eigenvalue weighted by atomic mass is 9.97. The van der Waals surface area contributed by atoms with Gasteiger partial charge >= 0.3 is 5.97 Å². The maximum Gasteiger partial charge on any atom is 0.328 e. The molecule has 0 spiro atoms. The van der Waals surface area contributed by atoms with Crippen molar-refractivity contribution < 1.29 is 15.0 Å². The van der Waals surface area contributed by atoms with Gasteiger partial charge in [-0.2, -0.15) is 5.10 Å². The van der Waals surface area contributed by atoms with Crippen molar-refractivity contribution >= 4 is 23.6 Å². The van der Waals surface area contributed by atoms with Crippen LogP contribution in [0.2, 0.25) is 5.02 Å². The molecule has 0 radical (unpaired) electrons. The van der Waals surface area contributed by atoms with E-state index in [0.717, 1.165) is 6.08 Å². The van der Waals surface area contributed by atoms with E-state index in [1.54, 1.807) is 55.4 Å². The molecule has 1 aromatic carbocycles. The SMILES string of the molecule is Cn1ncc(-c2cn(C)c(=O)cc2C=CC(=O)O)c1C(O)c1ccc(Cl)cc1. The van der Waals surface area contributed by atoms with Crippen molar-refractivity contribution in [2.24, 2.45) is 14.1 Å². The van der Waals surface area contributed by atoms with Crippen LogP contribution in [0, 0.1) is 0 Å². The fraction of sp³-hybridized carbons (Fsp3) is 0.150. The van der Waals surface area contributed by atoms with Gasteiger partial charge in [0.05, 0.1) is 11.9 Å². The Hall–Kier alpha value is -3.16. The summed E-state index contributed by atoms with van der Waals surface area (Å²) in [7, 11) is 3.30. The number of aliphatic hydroxyl groups is 1. The second-order valence-corrected chi connectivity index (χ2v) is 6.72. The lowest BCUT2D eigenvalue weighted by Crippen LogP contribution is -2.16. The summed E-state index contributed by atoms with van der Waals surface area (Å²) >= 11 is 5.93. The van der Waals surface area contributed by atoms with E-state index in [2.05, 4.69) is 5.10 Å². The summed E-state index contributed by atoms with van der Waals surface area (Å²) in [5.41, 5.74) is 2.44. The number of aliphatic carboxylic acids is 1. The number of carboxylic acids is 1. The van der Waals surface area contributed by atoms with Crippen LogP contribution in [0.3, 0.4) is 0 Å². The lowest BCUT2D eigenvalue weighted by molar-refractivity contribution is -0.131. The molecule has 3 rings (SSSR count). The van der Waals surface area contributed by atoms with Crippen LogP contribution < -0.4 is 5.56 Å². The minimum atomic E-state index is -1.13. The smallest absolute Gasteiger partial charge is 0.328 e. The Morgan fingerprint density at radius 3 is 2.54 bits per heavy atom. The number of aryl methyl sites for hydroxylation is 2. The highest BCUT2D eigenvalue weighted by atomic mass is 35.5. The Morgan fingerprint density at radius 1 is 1.21 bits per heavy atom. The van der Waals surface area contributed by atoms with Gasteiger partial charge < -0.3 is 14.8 Å². The van der Waals surface area contributed by atoms with Gasteiger partial charge in [-0.05, 0) is 29.3 Å². The number of hydrogen-bond donors (Lipinski definition) is 2. The third kappa shape index (κ3) is 3.90. The predicted octanol–water partition coefficient (Wildman–Crippen LogP) is 2.62. The summed E-state index contributed by atoms with van der Waals surface area (Å²) in [5, 5.41) is 24.7. The second-order valence-electron chi connectivity index (χ2n) is 6.28. The third-order valence-electron chi connectivity index (χ3n) is 4.39. The Kier molecular flexibility index (Phi) is 5.48. The molecular formula is C20H18ClN3O4. The molecule has 0 amide bonds. The van der Waals surface area contributed by atoms with E-state index in [1.165, 1.54) is 16.7 Å². The van der Waals surface area contributed by atoms with Gasteiger partial charge in [0, 0.05) is 48.6 Å². The summed E-state index contributed by atoms with van der Waals surface area (Å²) in [6.07, 6.45) is 4.49. The summed E-state index contributed by atoms with van der Waals surface area (Å²) in [4.78, 5) is 23.0. The molecule has 0 aliphatic rings. The molecule has 1 unspecified atom stereocenters. The van der Waals surface area contributed by atoms with Crippen molar-refractivity contribution in [2.75, 3.05) is 0 Å². The van der Waals surface area contributed by atoms with E-state index in [0.29, 0.717) is 33.0 Å². The normalized spacial score (nSPS) is 12.4. The van der Waals surface area contributed by atoms with Crippen molar-refractivity contribution in [1.29, 1.82) is 0 Å². The number of aromatic nitrogens is 3. The number of halogens is 1. The van der Waals surface area contributed by atoms with Gasteiger partial charge in [-0.25, -0.2) is 4.79 Å². The zero-order valence-corrected chi connectivity index (χ0v) is 16.0. The number of benzene rings is 1. The summed E-state index contributed by atoms with van der Waals surface area (Å²) in [6.45, 7) is 0. The number of hydrogen-bond acceptors (Lipinski definition) is 4. The molecule has 7 nitrogen and oxygen atoms in total. The third-order valence-corrected chi connectivity index (χ3v) is 4.64. The van der Waals surface area contributed by atoms with Crippen LogP contribution in [0.1, 0.15) is 22.9 Å². The Morgan fingerprint density at radius 2 is 1.89 bits per heavy atom. The van der Waals surface area contributed by atoms with Gasteiger partial charge in [0.2, 0.25) is 0 Å². The van der Waals surface area contributed by atoms with E-state index < -0.39 is 12.1 Å². The lowest BCUT2D eigenvalue weighted by Gasteiger charge is -2.16. The summed E-state index contributed by atoms with van der Waals surface area (Å²) < 4.78 is 2.93. The van der Waals surface area contributed by atoms with E-state index >= 15 is 0 Å². The second kappa shape index (κ2) is 7.84. The van der Waals surface area contributed by atoms with Crippen LogP contribution in [0.4, 0.5) is 0 Å². The molecule has 28 heavy (non-hydrogen) atoms. The maximum atomic E-state index is 12.0. The van der Waals surface area contributed by atoms with Crippen LogP contribution in [0.5, 0.6) is 0 Å². The maximum absolute atomic E-state index is 12.0. The molecular weight excluding hydrogens is 382 g/mol. The molecule has 3 aromatic rings. The van der Waals surface area contributed by atoms with E-state index in [1.807, 2.05) is 0 Å². The molecule has 0 saturated heterocycles. The fourth-order valence-corrected chi connectivity index (χ4v) is 3.08. The fourth-order valence-electron chi connectivity index (χ4n) is 2.95. The van der Waals surface area contributed by atoms with Gasteiger partial charge in [0.15, 0.2) is 0 Å². The van der Waals surface area contributed by atoms with Crippen molar-refractivity contribution in [1.82, 2.24) is 14.3 Å². The first-order valence-electron chi connectivity index (χ1n) is 8.35. The molecule has 0 bridgehead atoms. The van der Waals surface area contributed by atoms with Gasteiger partial charge in [0.1, 0.15) is 6.10 Å². The van der Waals surface area contributed by atoms with Crippen LogP contribution >= 0.6 is 11.6 Å². The first-order chi connectivity index (χ1) is 13.3. The van der Waals surface area contributed by atoms with Crippen LogP contribution in [-0.2, 0) is 18.9 Å². The van der Waals surface area contributed by atoms with Crippen LogP contribution in [-0.4, -0.2) is 30.5 Å². The monoisotopic (exact) mass is 399 g/mol. The van der Waals surface area contributed by atoms with Gasteiger partial charge in [-0.1, -0.05) is 23.7 Å². The van der Waals surface area contributed by atoms with Crippen molar-refractivity contribution in [3.63, 3.8) is 0 Å². The molecule has 2 aromatic heterocycles. The molecule has 0 aliphatic carbocycles. The molecule has 8 heteroatoms.